The third kappa shape index (κ3) is 2.73. The molecule has 13 heavy (non-hydrogen) atoms. The average Bonchev–Trinajstić information content (AvgIpc) is 2.18. The van der Waals surface area contributed by atoms with Crippen molar-refractivity contribution in [3.05, 3.63) is 24.3 Å². The van der Waals surface area contributed by atoms with Gasteiger partial charge in [0.15, 0.2) is 0 Å². The lowest BCUT2D eigenvalue weighted by Crippen LogP contribution is -2.19. The average molecular weight is 184 g/mol. The van der Waals surface area contributed by atoms with Gasteiger partial charge in [-0.15, -0.1) is 0 Å². The van der Waals surface area contributed by atoms with E-state index in [1.54, 1.807) is 0 Å². The number of aliphatic hydroxyl groups excluding tert-OH is 3. The first-order valence-corrected chi connectivity index (χ1v) is 3.97. The van der Waals surface area contributed by atoms with Crippen LogP contribution in [0.2, 0.25) is 0 Å². The highest BCUT2D eigenvalue weighted by atomic mass is 16.3. The Labute approximate surface area is 75.7 Å². The van der Waals surface area contributed by atoms with Crippen molar-refractivity contribution in [1.29, 1.82) is 0 Å². The summed E-state index contributed by atoms with van der Waals surface area (Å²) in [6, 6.07) is 0. The largest absolute Gasteiger partial charge is 0.396 e. The van der Waals surface area contributed by atoms with Crippen LogP contribution in [0.5, 0.6) is 0 Å². The normalized spacial score (nSPS) is 15.3. The minimum Gasteiger partial charge on any atom is -0.396 e. The van der Waals surface area contributed by atoms with Crippen molar-refractivity contribution in [3.63, 3.8) is 0 Å². The van der Waals surface area contributed by atoms with Crippen LogP contribution in [0, 0.1) is 0 Å². The number of hydrogen-bond acceptors (Lipinski definition) is 5. The Balaban J connectivity index is 2.62. The fourth-order valence-corrected chi connectivity index (χ4v) is 0.976. The Morgan fingerprint density at radius 3 is 2.38 bits per heavy atom. The summed E-state index contributed by atoms with van der Waals surface area (Å²) in [5, 5.41) is 27.3. The lowest BCUT2D eigenvalue weighted by molar-refractivity contribution is 0.00384. The lowest BCUT2D eigenvalue weighted by atomic mass is 10.1. The third-order valence-electron chi connectivity index (χ3n) is 1.71. The molecule has 0 radical (unpaired) electrons. The molecule has 1 aromatic heterocycles. The zero-order valence-corrected chi connectivity index (χ0v) is 7.04. The second-order valence-corrected chi connectivity index (χ2v) is 2.70. The van der Waals surface area contributed by atoms with Gasteiger partial charge in [-0.1, -0.05) is 0 Å². The Bertz CT molecular complexity index is 242. The molecule has 2 atom stereocenters. The molecular formula is C8H12N2O3. The van der Waals surface area contributed by atoms with E-state index in [2.05, 4.69) is 9.97 Å². The predicted octanol–water partition coefficient (Wildman–Crippen LogP) is -0.747. The van der Waals surface area contributed by atoms with Gasteiger partial charge in [-0.3, -0.25) is 0 Å². The quantitative estimate of drug-likeness (QED) is 0.573. The second-order valence-electron chi connectivity index (χ2n) is 2.70. The number of aliphatic hydroxyl groups is 3. The molecule has 3 N–H and O–H groups in total. The molecule has 0 spiro atoms. The van der Waals surface area contributed by atoms with Gasteiger partial charge in [0.2, 0.25) is 0 Å². The highest BCUT2D eigenvalue weighted by Gasteiger charge is 2.17. The summed E-state index contributed by atoms with van der Waals surface area (Å²) in [5.74, 6) is 0. The summed E-state index contributed by atoms with van der Waals surface area (Å²) in [7, 11) is 0. The third-order valence-corrected chi connectivity index (χ3v) is 1.71. The molecule has 5 heteroatoms. The van der Waals surface area contributed by atoms with Gasteiger partial charge in [-0.2, -0.15) is 0 Å². The van der Waals surface area contributed by atoms with Crippen LogP contribution in [-0.4, -0.2) is 38.0 Å². The van der Waals surface area contributed by atoms with E-state index < -0.39 is 12.2 Å². The first kappa shape index (κ1) is 10.0. The van der Waals surface area contributed by atoms with Crippen LogP contribution in [0.1, 0.15) is 18.1 Å². The van der Waals surface area contributed by atoms with Crippen LogP contribution in [-0.2, 0) is 0 Å². The highest BCUT2D eigenvalue weighted by Crippen LogP contribution is 2.16. The van der Waals surface area contributed by atoms with E-state index in [4.69, 9.17) is 5.11 Å². The smallest absolute Gasteiger partial charge is 0.115 e. The Kier molecular flexibility index (Phi) is 3.75. The summed E-state index contributed by atoms with van der Waals surface area (Å²) in [4.78, 5) is 7.41. The molecule has 0 aliphatic heterocycles. The predicted molar refractivity (Wildman–Crippen MR) is 44.7 cm³/mol. The Morgan fingerprint density at radius 2 is 1.85 bits per heavy atom. The molecule has 1 rings (SSSR count). The molecule has 0 bridgehead atoms. The SMILES string of the molecule is OCCC(O)C(O)c1cncnc1. The van der Waals surface area contributed by atoms with Crippen LogP contribution < -0.4 is 0 Å². The summed E-state index contributed by atoms with van der Waals surface area (Å²) < 4.78 is 0. The van der Waals surface area contributed by atoms with E-state index in [0.717, 1.165) is 0 Å². The van der Waals surface area contributed by atoms with Gasteiger partial charge in [-0.05, 0) is 6.42 Å². The summed E-state index contributed by atoms with van der Waals surface area (Å²) in [5.41, 5.74) is 0.448. The topological polar surface area (TPSA) is 86.5 Å². The van der Waals surface area contributed by atoms with E-state index in [1.807, 2.05) is 0 Å². The molecule has 0 fully saturated rings. The van der Waals surface area contributed by atoms with E-state index >= 15 is 0 Å². The van der Waals surface area contributed by atoms with Crippen LogP contribution >= 0.6 is 0 Å². The van der Waals surface area contributed by atoms with Crippen LogP contribution in [0.15, 0.2) is 18.7 Å². The maximum Gasteiger partial charge on any atom is 0.115 e. The maximum absolute atomic E-state index is 9.48. The number of nitrogens with zero attached hydrogens (tertiary/aromatic N) is 2. The molecule has 1 aromatic rings. The van der Waals surface area contributed by atoms with Gasteiger partial charge in [0.1, 0.15) is 12.4 Å². The zero-order valence-electron chi connectivity index (χ0n) is 7.04. The van der Waals surface area contributed by atoms with E-state index in [0.29, 0.717) is 5.56 Å². The van der Waals surface area contributed by atoms with Gasteiger partial charge < -0.3 is 15.3 Å². The lowest BCUT2D eigenvalue weighted by Gasteiger charge is -2.15. The van der Waals surface area contributed by atoms with Gasteiger partial charge in [0, 0.05) is 24.6 Å². The summed E-state index contributed by atoms with van der Waals surface area (Å²) in [6.45, 7) is -0.161. The Hall–Kier alpha value is -1.04. The fourth-order valence-electron chi connectivity index (χ4n) is 0.976. The first-order chi connectivity index (χ1) is 6.25. The monoisotopic (exact) mass is 184 g/mol. The maximum atomic E-state index is 9.48. The standard InChI is InChI=1S/C8H12N2O3/c11-2-1-7(12)8(13)6-3-9-5-10-4-6/h3-5,7-8,11-13H,1-2H2. The Morgan fingerprint density at radius 1 is 1.23 bits per heavy atom. The molecule has 0 aromatic carbocycles. The minimum absolute atomic E-state index is 0.135. The van der Waals surface area contributed by atoms with E-state index in [-0.39, 0.29) is 13.0 Å². The fraction of sp³-hybridized carbons (Fsp3) is 0.500. The number of rotatable bonds is 4. The molecule has 72 valence electrons. The van der Waals surface area contributed by atoms with Crippen molar-refractivity contribution in [1.82, 2.24) is 9.97 Å². The summed E-state index contributed by atoms with van der Waals surface area (Å²) >= 11 is 0. The number of hydrogen-bond donors (Lipinski definition) is 3. The highest BCUT2D eigenvalue weighted by molar-refractivity contribution is 5.08. The van der Waals surface area contributed by atoms with Crippen LogP contribution in [0.3, 0.4) is 0 Å². The second kappa shape index (κ2) is 4.86. The minimum atomic E-state index is -1.03. The van der Waals surface area contributed by atoms with Crippen molar-refractivity contribution >= 4 is 0 Å². The van der Waals surface area contributed by atoms with Gasteiger partial charge in [0.25, 0.3) is 0 Å². The van der Waals surface area contributed by atoms with Gasteiger partial charge in [-0.25, -0.2) is 9.97 Å². The summed E-state index contributed by atoms with van der Waals surface area (Å²) in [6.07, 6.45) is 2.32. The van der Waals surface area contributed by atoms with Crippen LogP contribution in [0.4, 0.5) is 0 Å². The van der Waals surface area contributed by atoms with Crippen molar-refractivity contribution in [2.75, 3.05) is 6.61 Å². The molecule has 0 saturated carbocycles. The van der Waals surface area contributed by atoms with Gasteiger partial charge >= 0.3 is 0 Å². The van der Waals surface area contributed by atoms with Crippen LogP contribution in [0.25, 0.3) is 0 Å². The molecule has 0 saturated heterocycles. The van der Waals surface area contributed by atoms with E-state index in [1.165, 1.54) is 18.7 Å². The van der Waals surface area contributed by atoms with Crippen molar-refractivity contribution in [2.24, 2.45) is 0 Å². The van der Waals surface area contributed by atoms with E-state index in [9.17, 15) is 10.2 Å². The molecule has 1 heterocycles. The zero-order chi connectivity index (χ0) is 9.68. The van der Waals surface area contributed by atoms with Crippen molar-refractivity contribution in [2.45, 2.75) is 18.6 Å². The molecule has 5 nitrogen and oxygen atoms in total. The van der Waals surface area contributed by atoms with Crippen molar-refractivity contribution < 1.29 is 15.3 Å². The molecule has 0 amide bonds. The number of aromatic nitrogens is 2. The molecule has 2 unspecified atom stereocenters. The van der Waals surface area contributed by atoms with Gasteiger partial charge in [0.05, 0.1) is 6.10 Å². The van der Waals surface area contributed by atoms with Crippen molar-refractivity contribution in [3.8, 4) is 0 Å². The molecular weight excluding hydrogens is 172 g/mol. The first-order valence-electron chi connectivity index (χ1n) is 3.97. The molecule has 0 aliphatic rings. The molecule has 0 aliphatic carbocycles.